The molecule has 0 radical (unpaired) electrons. The maximum Gasteiger partial charge on any atom is 0.341 e. The summed E-state index contributed by atoms with van der Waals surface area (Å²) in [5, 5.41) is 19.9. The Kier molecular flexibility index (Phi) is 2.98. The summed E-state index contributed by atoms with van der Waals surface area (Å²) in [4.78, 5) is 33.5. The van der Waals surface area contributed by atoms with Crippen molar-refractivity contribution >= 4 is 22.6 Å². The average Bonchev–Trinajstić information content (AvgIpc) is 3.26. The molecule has 1 fully saturated rings. The number of carboxylic acid groups (broad SMARTS) is 1. The number of hydrogen-bond acceptors (Lipinski definition) is 4. The van der Waals surface area contributed by atoms with Gasteiger partial charge in [-0.1, -0.05) is 0 Å². The Labute approximate surface area is 122 Å². The zero-order valence-corrected chi connectivity index (χ0v) is 11.5. The molecule has 8 heteroatoms. The van der Waals surface area contributed by atoms with Gasteiger partial charge in [-0.15, -0.1) is 0 Å². The predicted molar refractivity (Wildman–Crippen MR) is 74.8 cm³/mol. The van der Waals surface area contributed by atoms with E-state index in [1.54, 1.807) is 4.57 Å². The lowest BCUT2D eigenvalue weighted by Gasteiger charge is -2.14. The van der Waals surface area contributed by atoms with E-state index in [0.717, 1.165) is 18.9 Å². The van der Waals surface area contributed by atoms with Gasteiger partial charge in [0.2, 0.25) is 11.2 Å². The number of aromatic carboxylic acids is 1. The highest BCUT2D eigenvalue weighted by molar-refractivity contribution is 5.94. The molecule has 114 valence electrons. The number of benzene rings is 1. The molecule has 3 rings (SSSR count). The van der Waals surface area contributed by atoms with Crippen LogP contribution >= 0.6 is 0 Å². The Morgan fingerprint density at radius 1 is 1.50 bits per heavy atom. The largest absolute Gasteiger partial charge is 0.477 e. The molecule has 1 aliphatic carbocycles. The van der Waals surface area contributed by atoms with Gasteiger partial charge < -0.3 is 9.67 Å². The minimum atomic E-state index is -1.41. The summed E-state index contributed by atoms with van der Waals surface area (Å²) >= 11 is 0. The fourth-order valence-corrected chi connectivity index (χ4v) is 2.61. The van der Waals surface area contributed by atoms with Gasteiger partial charge >= 0.3 is 11.7 Å². The fraction of sp³-hybridized carbons (Fsp3) is 0.286. The van der Waals surface area contributed by atoms with E-state index >= 15 is 0 Å². The first kappa shape index (κ1) is 14.2. The first-order valence-electron chi connectivity index (χ1n) is 6.58. The quantitative estimate of drug-likeness (QED) is 0.692. The summed E-state index contributed by atoms with van der Waals surface area (Å²) in [5.41, 5.74) is -1.94. The molecule has 0 atom stereocenters. The van der Waals surface area contributed by atoms with E-state index in [1.165, 1.54) is 13.1 Å². The number of fused-ring (bicyclic) bond motifs is 1. The van der Waals surface area contributed by atoms with Crippen LogP contribution in [0.3, 0.4) is 0 Å². The van der Waals surface area contributed by atoms with Gasteiger partial charge in [0.15, 0.2) is 0 Å². The van der Waals surface area contributed by atoms with Crippen molar-refractivity contribution in [1.29, 1.82) is 0 Å². The van der Waals surface area contributed by atoms with Gasteiger partial charge in [-0.3, -0.25) is 14.9 Å². The number of aryl methyl sites for hydroxylation is 1. The van der Waals surface area contributed by atoms with Gasteiger partial charge in [0.05, 0.1) is 15.8 Å². The number of pyridine rings is 1. The van der Waals surface area contributed by atoms with Crippen molar-refractivity contribution in [2.45, 2.75) is 25.8 Å². The molecule has 1 aliphatic rings. The fourth-order valence-electron chi connectivity index (χ4n) is 2.61. The Morgan fingerprint density at radius 3 is 2.64 bits per heavy atom. The molecular weight excluding hydrogens is 295 g/mol. The smallest absolute Gasteiger partial charge is 0.341 e. The van der Waals surface area contributed by atoms with E-state index < -0.39 is 33.4 Å². The minimum absolute atomic E-state index is 0.0132. The highest BCUT2D eigenvalue weighted by atomic mass is 19.1. The molecule has 0 unspecified atom stereocenters. The van der Waals surface area contributed by atoms with Crippen molar-refractivity contribution in [3.8, 4) is 0 Å². The summed E-state index contributed by atoms with van der Waals surface area (Å²) in [6.45, 7) is 1.35. The summed E-state index contributed by atoms with van der Waals surface area (Å²) in [6, 6.07) is 0.812. The van der Waals surface area contributed by atoms with Crippen molar-refractivity contribution in [2.24, 2.45) is 0 Å². The van der Waals surface area contributed by atoms with Gasteiger partial charge in [0, 0.05) is 23.9 Å². The van der Waals surface area contributed by atoms with Crippen LogP contribution in [0.4, 0.5) is 10.1 Å². The lowest BCUT2D eigenvalue weighted by atomic mass is 10.1. The number of aromatic nitrogens is 1. The van der Waals surface area contributed by atoms with Crippen molar-refractivity contribution in [3.05, 3.63) is 49.5 Å². The lowest BCUT2D eigenvalue weighted by molar-refractivity contribution is -0.387. The van der Waals surface area contributed by atoms with Crippen LogP contribution in [0.1, 0.15) is 34.8 Å². The lowest BCUT2D eigenvalue weighted by Crippen LogP contribution is -2.20. The van der Waals surface area contributed by atoms with Gasteiger partial charge in [-0.2, -0.15) is 4.39 Å². The van der Waals surface area contributed by atoms with Crippen LogP contribution in [0.5, 0.6) is 0 Å². The molecular formula is C14H11FN2O5. The third-order valence-electron chi connectivity index (χ3n) is 3.83. The molecule has 0 spiro atoms. The molecule has 1 saturated carbocycles. The highest BCUT2D eigenvalue weighted by Crippen LogP contribution is 2.39. The van der Waals surface area contributed by atoms with Crippen LogP contribution in [0.25, 0.3) is 10.9 Å². The number of nitro groups is 1. The van der Waals surface area contributed by atoms with Crippen molar-refractivity contribution in [2.75, 3.05) is 0 Å². The number of nitro benzene ring substituents is 1. The van der Waals surface area contributed by atoms with Gasteiger partial charge in [-0.25, -0.2) is 4.79 Å². The van der Waals surface area contributed by atoms with E-state index in [1.807, 2.05) is 0 Å². The first-order valence-corrected chi connectivity index (χ1v) is 6.58. The van der Waals surface area contributed by atoms with Gasteiger partial charge in [0.25, 0.3) is 0 Å². The second kappa shape index (κ2) is 4.62. The van der Waals surface area contributed by atoms with Gasteiger partial charge in [0.1, 0.15) is 5.56 Å². The van der Waals surface area contributed by atoms with Gasteiger partial charge in [-0.05, 0) is 19.8 Å². The molecule has 1 N–H and O–H groups in total. The van der Waals surface area contributed by atoms with Crippen LogP contribution in [0.2, 0.25) is 0 Å². The summed E-state index contributed by atoms with van der Waals surface area (Å²) in [7, 11) is 0. The van der Waals surface area contributed by atoms with E-state index in [-0.39, 0.29) is 22.5 Å². The van der Waals surface area contributed by atoms with E-state index in [2.05, 4.69) is 0 Å². The summed E-state index contributed by atoms with van der Waals surface area (Å²) in [6.07, 6.45) is 2.77. The SMILES string of the molecule is Cc1c(F)c([N+](=O)[O-])cc2c(=O)c(C(=O)O)cn(C3CC3)c12. The predicted octanol–water partition coefficient (Wildman–Crippen LogP) is 2.39. The number of rotatable bonds is 3. The van der Waals surface area contributed by atoms with Crippen LogP contribution in [-0.2, 0) is 0 Å². The molecule has 22 heavy (non-hydrogen) atoms. The molecule has 1 heterocycles. The third-order valence-corrected chi connectivity index (χ3v) is 3.83. The monoisotopic (exact) mass is 306 g/mol. The summed E-state index contributed by atoms with van der Waals surface area (Å²) in [5.74, 6) is -2.42. The van der Waals surface area contributed by atoms with Crippen LogP contribution in [-0.4, -0.2) is 20.6 Å². The molecule has 2 aromatic rings. The second-order valence-electron chi connectivity index (χ2n) is 5.30. The summed E-state index contributed by atoms with van der Waals surface area (Å²) < 4.78 is 15.7. The Morgan fingerprint density at radius 2 is 2.14 bits per heavy atom. The Hall–Kier alpha value is -2.77. The topological polar surface area (TPSA) is 102 Å². The van der Waals surface area contributed by atoms with Crippen molar-refractivity contribution in [1.82, 2.24) is 4.57 Å². The Balaban J connectivity index is 2.52. The zero-order valence-electron chi connectivity index (χ0n) is 11.5. The highest BCUT2D eigenvalue weighted by Gasteiger charge is 2.30. The average molecular weight is 306 g/mol. The third kappa shape index (κ3) is 1.95. The normalized spacial score (nSPS) is 14.3. The van der Waals surface area contributed by atoms with Crippen LogP contribution < -0.4 is 5.43 Å². The zero-order chi connectivity index (χ0) is 16.2. The van der Waals surface area contributed by atoms with E-state index in [9.17, 15) is 24.1 Å². The number of carbonyl (C=O) groups is 1. The standard InChI is InChI=1S/C14H11FN2O5/c1-6-11(15)10(17(21)22)4-8-12(6)16(7-2-3-7)5-9(13(8)18)14(19)20/h4-5,7H,2-3H2,1H3,(H,19,20). The van der Waals surface area contributed by atoms with E-state index in [4.69, 9.17) is 5.11 Å². The van der Waals surface area contributed by atoms with Crippen molar-refractivity contribution < 1.29 is 19.2 Å². The number of carboxylic acids is 1. The second-order valence-corrected chi connectivity index (χ2v) is 5.30. The maximum atomic E-state index is 14.2. The van der Waals surface area contributed by atoms with Crippen LogP contribution in [0.15, 0.2) is 17.1 Å². The van der Waals surface area contributed by atoms with E-state index in [0.29, 0.717) is 0 Å². The van der Waals surface area contributed by atoms with Crippen molar-refractivity contribution in [3.63, 3.8) is 0 Å². The number of halogens is 1. The number of hydrogen-bond donors (Lipinski definition) is 1. The molecule has 7 nitrogen and oxygen atoms in total. The molecule has 0 saturated heterocycles. The molecule has 0 aliphatic heterocycles. The maximum absolute atomic E-state index is 14.2. The van der Waals surface area contributed by atoms with Crippen LogP contribution in [0, 0.1) is 22.9 Å². The molecule has 1 aromatic carbocycles. The molecule has 0 bridgehead atoms. The Bertz CT molecular complexity index is 898. The molecule has 1 aromatic heterocycles. The number of nitrogens with zero attached hydrogens (tertiary/aromatic N) is 2. The first-order chi connectivity index (χ1) is 10.3. The molecule has 0 amide bonds. The minimum Gasteiger partial charge on any atom is -0.477 e.